The quantitative estimate of drug-likeness (QED) is 0.129. The number of benzene rings is 3. The van der Waals surface area contributed by atoms with Gasteiger partial charge in [0, 0.05) is 31.3 Å². The summed E-state index contributed by atoms with van der Waals surface area (Å²) < 4.78 is 61.8. The van der Waals surface area contributed by atoms with Crippen LogP contribution in [0.4, 0.5) is 14.5 Å². The average molecular weight is 754 g/mol. The Morgan fingerprint density at radius 1 is 0.909 bits per heavy atom. The van der Waals surface area contributed by atoms with E-state index in [9.17, 15) is 14.9 Å². The standard InChI is InChI=1S/C41H41F2N5O7/c1-4-51-40(49)28-15-16-31(30(22-28)41(50)52-5-2)46-36-34(42)38(54-29-13-9-12-27(21-29)37-45-18-19-48(37)3)47-39(35(36)43)55-33-20-26(23-44)14-17-32(33)53-24-25-10-7-6-8-11-25/h6-14,17,20-21,28,30-31H,4-5,15-16,18-19,22,24H2,1-3H3,(H,46,47). The third-order valence-electron chi connectivity index (χ3n) is 9.29. The third kappa shape index (κ3) is 9.12. The molecule has 3 aromatic carbocycles. The van der Waals surface area contributed by atoms with Gasteiger partial charge in [-0.25, -0.2) is 0 Å². The van der Waals surface area contributed by atoms with E-state index >= 15 is 8.78 Å². The van der Waals surface area contributed by atoms with Crippen molar-refractivity contribution in [2.75, 3.05) is 38.7 Å². The van der Waals surface area contributed by atoms with Crippen molar-refractivity contribution in [2.24, 2.45) is 16.8 Å². The molecule has 1 saturated carbocycles. The molecule has 2 heterocycles. The van der Waals surface area contributed by atoms with Crippen molar-refractivity contribution in [1.82, 2.24) is 9.88 Å². The maximum absolute atomic E-state index is 16.7. The van der Waals surface area contributed by atoms with Gasteiger partial charge in [0.25, 0.3) is 11.8 Å². The van der Waals surface area contributed by atoms with Gasteiger partial charge in [0.05, 0.1) is 43.2 Å². The molecule has 1 aliphatic heterocycles. The van der Waals surface area contributed by atoms with E-state index in [0.29, 0.717) is 13.0 Å². The number of aromatic nitrogens is 1. The van der Waals surface area contributed by atoms with Gasteiger partial charge in [0.2, 0.25) is 11.6 Å². The van der Waals surface area contributed by atoms with Gasteiger partial charge in [-0.3, -0.25) is 14.6 Å². The minimum absolute atomic E-state index is 0.0462. The zero-order valence-electron chi connectivity index (χ0n) is 30.7. The summed E-state index contributed by atoms with van der Waals surface area (Å²) in [6.07, 6.45) is 0.520. The van der Waals surface area contributed by atoms with Crippen LogP contribution in [-0.4, -0.2) is 67.1 Å². The van der Waals surface area contributed by atoms with Gasteiger partial charge < -0.3 is 33.9 Å². The smallest absolute Gasteiger partial charge is 0.311 e. The van der Waals surface area contributed by atoms with Crippen molar-refractivity contribution in [2.45, 2.75) is 45.8 Å². The SMILES string of the molecule is CCOC(=O)C1CCC(Nc2c(F)c(Oc3cccc(C4=NCCN4C)c3)nc(Oc3cc(C#N)ccc3OCc3ccccc3)c2F)C(C(=O)OCC)C1. The maximum Gasteiger partial charge on any atom is 0.311 e. The number of amidine groups is 1. The lowest BCUT2D eigenvalue weighted by atomic mass is 9.77. The number of carbonyl (C=O) groups excluding carboxylic acids is 2. The predicted octanol–water partition coefficient (Wildman–Crippen LogP) is 7.41. The first-order chi connectivity index (χ1) is 26.7. The van der Waals surface area contributed by atoms with Crippen molar-refractivity contribution >= 4 is 23.5 Å². The molecule has 14 heteroatoms. The Bertz CT molecular complexity index is 2090. The zero-order valence-corrected chi connectivity index (χ0v) is 30.7. The van der Waals surface area contributed by atoms with E-state index in [1.54, 1.807) is 32.0 Å². The molecule has 6 rings (SSSR count). The van der Waals surface area contributed by atoms with Crippen molar-refractivity contribution in [3.8, 4) is 35.1 Å². The van der Waals surface area contributed by atoms with Crippen LogP contribution < -0.4 is 19.5 Å². The fourth-order valence-electron chi connectivity index (χ4n) is 6.55. The van der Waals surface area contributed by atoms with Gasteiger partial charge in [-0.15, -0.1) is 0 Å². The summed E-state index contributed by atoms with van der Waals surface area (Å²) in [5.41, 5.74) is 1.08. The topological polar surface area (TPSA) is 145 Å². The van der Waals surface area contributed by atoms with Crippen LogP contribution in [0.2, 0.25) is 0 Å². The van der Waals surface area contributed by atoms with Crippen LogP contribution in [0, 0.1) is 34.8 Å². The number of halogens is 2. The van der Waals surface area contributed by atoms with Crippen LogP contribution in [0.5, 0.6) is 29.0 Å². The molecule has 1 aliphatic carbocycles. The highest BCUT2D eigenvalue weighted by molar-refractivity contribution is 5.99. The maximum atomic E-state index is 16.7. The Balaban J connectivity index is 1.39. The van der Waals surface area contributed by atoms with Gasteiger partial charge in [0.1, 0.15) is 23.9 Å². The lowest BCUT2D eigenvalue weighted by Crippen LogP contribution is -2.43. The summed E-state index contributed by atoms with van der Waals surface area (Å²) in [7, 11) is 1.91. The summed E-state index contributed by atoms with van der Waals surface area (Å²) in [6, 6.07) is 21.7. The Morgan fingerprint density at radius 3 is 2.36 bits per heavy atom. The molecule has 1 N–H and O–H groups in total. The van der Waals surface area contributed by atoms with E-state index in [1.165, 1.54) is 18.2 Å². The molecule has 0 bridgehead atoms. The number of rotatable bonds is 14. The largest absolute Gasteiger partial charge is 0.485 e. The van der Waals surface area contributed by atoms with E-state index in [-0.39, 0.29) is 55.5 Å². The number of nitriles is 1. The molecule has 1 aromatic heterocycles. The first-order valence-electron chi connectivity index (χ1n) is 18.1. The number of aliphatic imine (C=N–C) groups is 1. The minimum Gasteiger partial charge on any atom is -0.485 e. The van der Waals surface area contributed by atoms with E-state index in [1.807, 2.05) is 54.4 Å². The van der Waals surface area contributed by atoms with E-state index < -0.39 is 58.9 Å². The van der Waals surface area contributed by atoms with Gasteiger partial charge >= 0.3 is 11.9 Å². The highest BCUT2D eigenvalue weighted by Gasteiger charge is 2.41. The van der Waals surface area contributed by atoms with Gasteiger partial charge in [-0.2, -0.15) is 19.0 Å². The van der Waals surface area contributed by atoms with Crippen LogP contribution in [0.1, 0.15) is 49.8 Å². The third-order valence-corrected chi connectivity index (χ3v) is 9.29. The number of likely N-dealkylation sites (N-methyl/N-ethyl adjacent to an activating group) is 1. The molecule has 0 spiro atoms. The normalized spacial score (nSPS) is 17.8. The van der Waals surface area contributed by atoms with Crippen LogP contribution in [0.15, 0.2) is 77.8 Å². The number of carbonyl (C=O) groups is 2. The van der Waals surface area contributed by atoms with E-state index in [0.717, 1.165) is 23.5 Å². The molecule has 2 aliphatic rings. The number of ether oxygens (including phenoxy) is 5. The zero-order chi connectivity index (χ0) is 38.9. The van der Waals surface area contributed by atoms with Crippen LogP contribution in [-0.2, 0) is 25.7 Å². The first-order valence-corrected chi connectivity index (χ1v) is 18.1. The van der Waals surface area contributed by atoms with Crippen molar-refractivity contribution in [1.29, 1.82) is 5.26 Å². The number of nitrogens with one attached hydrogen (secondary N) is 1. The summed E-state index contributed by atoms with van der Waals surface area (Å²) in [6.45, 7) is 5.07. The molecular formula is C41H41F2N5O7. The molecule has 0 saturated heterocycles. The van der Waals surface area contributed by atoms with Crippen LogP contribution >= 0.6 is 0 Å². The number of esters is 2. The molecule has 4 aromatic rings. The van der Waals surface area contributed by atoms with Crippen molar-refractivity contribution in [3.05, 3.63) is 101 Å². The summed E-state index contributed by atoms with van der Waals surface area (Å²) in [5.74, 6) is -5.35. The van der Waals surface area contributed by atoms with Crippen molar-refractivity contribution in [3.63, 3.8) is 0 Å². The predicted molar refractivity (Wildman–Crippen MR) is 198 cm³/mol. The molecule has 1 fully saturated rings. The molecule has 0 radical (unpaired) electrons. The molecule has 3 atom stereocenters. The first kappa shape index (κ1) is 38.5. The van der Waals surface area contributed by atoms with Gasteiger partial charge in [-0.05, 0) is 62.9 Å². The molecule has 286 valence electrons. The average Bonchev–Trinajstić information content (AvgIpc) is 3.64. The van der Waals surface area contributed by atoms with Crippen LogP contribution in [0.25, 0.3) is 0 Å². The number of pyridine rings is 1. The fourth-order valence-corrected chi connectivity index (χ4v) is 6.55. The van der Waals surface area contributed by atoms with E-state index in [2.05, 4.69) is 15.3 Å². The van der Waals surface area contributed by atoms with Gasteiger partial charge in [-0.1, -0.05) is 42.5 Å². The lowest BCUT2D eigenvalue weighted by molar-refractivity contribution is -0.154. The van der Waals surface area contributed by atoms with Crippen LogP contribution in [0.3, 0.4) is 0 Å². The van der Waals surface area contributed by atoms with Gasteiger partial charge in [0.15, 0.2) is 11.5 Å². The number of hydrogen-bond acceptors (Lipinski definition) is 12. The molecule has 3 unspecified atom stereocenters. The molecule has 55 heavy (non-hydrogen) atoms. The summed E-state index contributed by atoms with van der Waals surface area (Å²) in [5, 5.41) is 12.6. The second-order valence-electron chi connectivity index (χ2n) is 13.0. The monoisotopic (exact) mass is 753 g/mol. The highest BCUT2D eigenvalue weighted by atomic mass is 19.1. The Labute approximate surface area is 317 Å². The van der Waals surface area contributed by atoms with Crippen molar-refractivity contribution < 1.29 is 42.1 Å². The number of hydrogen-bond donors (Lipinski definition) is 1. The molecule has 0 amide bonds. The molecule has 12 nitrogen and oxygen atoms in total. The number of anilines is 1. The Hall–Kier alpha value is -6.23. The molecular weight excluding hydrogens is 712 g/mol. The Morgan fingerprint density at radius 2 is 1.65 bits per heavy atom. The fraction of sp³-hybridized carbons (Fsp3) is 0.341. The van der Waals surface area contributed by atoms with E-state index in [4.69, 9.17) is 23.7 Å². The second-order valence-corrected chi connectivity index (χ2v) is 13.0. The second kappa shape index (κ2) is 17.7. The highest BCUT2D eigenvalue weighted by Crippen LogP contribution is 2.41. The lowest BCUT2D eigenvalue weighted by Gasteiger charge is -2.35. The Kier molecular flexibility index (Phi) is 12.4. The summed E-state index contributed by atoms with van der Waals surface area (Å²) >= 11 is 0. The summed E-state index contributed by atoms with van der Waals surface area (Å²) in [4.78, 5) is 36.5. The number of nitrogens with zero attached hydrogens (tertiary/aromatic N) is 4. The minimum atomic E-state index is -1.23.